The van der Waals surface area contributed by atoms with E-state index in [1.165, 1.54) is 12.1 Å². The summed E-state index contributed by atoms with van der Waals surface area (Å²) in [5, 5.41) is 15.7. The van der Waals surface area contributed by atoms with Crippen molar-refractivity contribution >= 4 is 46.2 Å². The zero-order chi connectivity index (χ0) is 20.8. The van der Waals surface area contributed by atoms with Crippen LogP contribution in [0.25, 0.3) is 23.1 Å². The molecule has 0 aliphatic heterocycles. The highest BCUT2D eigenvalue weighted by Gasteiger charge is 2.08. The van der Waals surface area contributed by atoms with E-state index in [9.17, 15) is 10.1 Å². The van der Waals surface area contributed by atoms with Gasteiger partial charge in [-0.2, -0.15) is 0 Å². The molecule has 3 rings (SSSR count). The number of nitro groups is 1. The first kappa shape index (κ1) is 20.7. The number of hydrogen-bond donors (Lipinski definition) is 1. The fraction of sp³-hybridized carbons (Fsp3) is 0.238. The van der Waals surface area contributed by atoms with Gasteiger partial charge in [-0.1, -0.05) is 17.7 Å². The van der Waals surface area contributed by atoms with E-state index in [1.54, 1.807) is 24.3 Å². The second-order valence-electron chi connectivity index (χ2n) is 6.86. The fourth-order valence-corrected chi connectivity index (χ4v) is 2.98. The lowest BCUT2D eigenvalue weighted by Gasteiger charge is -2.12. The first-order valence-corrected chi connectivity index (χ1v) is 9.58. The van der Waals surface area contributed by atoms with Crippen LogP contribution in [-0.4, -0.2) is 47.0 Å². The van der Waals surface area contributed by atoms with Gasteiger partial charge in [0.05, 0.1) is 10.4 Å². The monoisotopic (exact) mass is 411 g/mol. The van der Waals surface area contributed by atoms with Crippen molar-refractivity contribution in [3.63, 3.8) is 0 Å². The van der Waals surface area contributed by atoms with Crippen LogP contribution in [0.3, 0.4) is 0 Å². The molecule has 1 heterocycles. The summed E-state index contributed by atoms with van der Waals surface area (Å²) in [6, 6.07) is 11.9. The molecule has 0 atom stereocenters. The molecule has 0 saturated heterocycles. The van der Waals surface area contributed by atoms with Crippen LogP contribution in [0.15, 0.2) is 42.5 Å². The lowest BCUT2D eigenvalue weighted by molar-refractivity contribution is -0.384. The summed E-state index contributed by atoms with van der Waals surface area (Å²) in [5.41, 5.74) is 1.68. The molecule has 0 saturated carbocycles. The molecule has 1 aromatic heterocycles. The second-order valence-corrected chi connectivity index (χ2v) is 7.29. The topological polar surface area (TPSA) is 84.2 Å². The van der Waals surface area contributed by atoms with Gasteiger partial charge in [-0.15, -0.1) is 0 Å². The van der Waals surface area contributed by atoms with E-state index >= 15 is 0 Å². The molecule has 2 aromatic carbocycles. The Morgan fingerprint density at radius 2 is 1.90 bits per heavy atom. The molecule has 0 amide bonds. The molecule has 1 N–H and O–H groups in total. The number of aromatic nitrogens is 2. The van der Waals surface area contributed by atoms with Crippen LogP contribution >= 0.6 is 11.6 Å². The lowest BCUT2D eigenvalue weighted by atomic mass is 10.2. The van der Waals surface area contributed by atoms with E-state index in [1.807, 2.05) is 32.3 Å². The number of benzene rings is 2. The van der Waals surface area contributed by atoms with E-state index in [2.05, 4.69) is 20.2 Å². The van der Waals surface area contributed by atoms with Gasteiger partial charge in [-0.05, 0) is 69.0 Å². The van der Waals surface area contributed by atoms with E-state index < -0.39 is 4.92 Å². The summed E-state index contributed by atoms with van der Waals surface area (Å²) in [5.74, 6) is 1.29. The van der Waals surface area contributed by atoms with Gasteiger partial charge in [0.2, 0.25) is 0 Å². The second kappa shape index (κ2) is 9.45. The summed E-state index contributed by atoms with van der Waals surface area (Å²) in [6.07, 6.45) is 4.60. The SMILES string of the molecule is CN(C)CCCNc1nc(/C=C/c2ccc([N+](=O)[O-])cc2)nc2ccc(Cl)cc12. The van der Waals surface area contributed by atoms with Gasteiger partial charge >= 0.3 is 0 Å². The van der Waals surface area contributed by atoms with Crippen LogP contribution in [0.1, 0.15) is 17.8 Å². The number of nitrogens with zero attached hydrogens (tertiary/aromatic N) is 4. The van der Waals surface area contributed by atoms with Crippen molar-refractivity contribution in [1.82, 2.24) is 14.9 Å². The number of fused-ring (bicyclic) bond motifs is 1. The molecule has 0 fully saturated rings. The maximum absolute atomic E-state index is 10.8. The third-order valence-electron chi connectivity index (χ3n) is 4.28. The van der Waals surface area contributed by atoms with Crippen molar-refractivity contribution in [2.75, 3.05) is 32.5 Å². The highest BCUT2D eigenvalue weighted by Crippen LogP contribution is 2.25. The smallest absolute Gasteiger partial charge is 0.269 e. The Balaban J connectivity index is 1.85. The number of non-ortho nitro benzene ring substituents is 1. The molecule has 29 heavy (non-hydrogen) atoms. The summed E-state index contributed by atoms with van der Waals surface area (Å²) >= 11 is 6.16. The van der Waals surface area contributed by atoms with E-state index in [0.29, 0.717) is 10.8 Å². The molecular weight excluding hydrogens is 390 g/mol. The Morgan fingerprint density at radius 1 is 1.14 bits per heavy atom. The minimum Gasteiger partial charge on any atom is -0.369 e. The lowest BCUT2D eigenvalue weighted by Crippen LogP contribution is -2.17. The Morgan fingerprint density at radius 3 is 2.59 bits per heavy atom. The van der Waals surface area contributed by atoms with Crippen molar-refractivity contribution < 1.29 is 4.92 Å². The van der Waals surface area contributed by atoms with Crippen LogP contribution < -0.4 is 5.32 Å². The summed E-state index contributed by atoms with van der Waals surface area (Å²) in [6.45, 7) is 1.76. The van der Waals surface area contributed by atoms with E-state index in [4.69, 9.17) is 11.6 Å². The zero-order valence-electron chi connectivity index (χ0n) is 16.3. The Labute approximate surface area is 174 Å². The molecule has 0 bridgehead atoms. The predicted molar refractivity (Wildman–Crippen MR) is 118 cm³/mol. The van der Waals surface area contributed by atoms with Crippen molar-refractivity contribution in [3.05, 3.63) is 69.0 Å². The molecule has 0 spiro atoms. The molecular formula is C21H22ClN5O2. The molecule has 0 radical (unpaired) electrons. The third kappa shape index (κ3) is 5.73. The molecule has 8 heteroatoms. The Bertz CT molecular complexity index is 1040. The quantitative estimate of drug-likeness (QED) is 0.328. The number of rotatable bonds is 8. The standard InChI is InChI=1S/C21H22ClN5O2/c1-26(2)13-3-12-23-21-18-14-16(22)7-10-19(18)24-20(25-21)11-6-15-4-8-17(9-5-15)27(28)29/h4-11,14H,3,12-13H2,1-2H3,(H,23,24,25)/b11-6+. The number of anilines is 1. The Hall–Kier alpha value is -3.03. The van der Waals surface area contributed by atoms with Gasteiger partial charge in [0.1, 0.15) is 5.82 Å². The first-order valence-electron chi connectivity index (χ1n) is 9.21. The third-order valence-corrected chi connectivity index (χ3v) is 4.51. The van der Waals surface area contributed by atoms with Crippen molar-refractivity contribution in [1.29, 1.82) is 0 Å². The average Bonchev–Trinajstić information content (AvgIpc) is 2.70. The number of halogens is 1. The highest BCUT2D eigenvalue weighted by molar-refractivity contribution is 6.31. The average molecular weight is 412 g/mol. The van der Waals surface area contributed by atoms with Crippen LogP contribution in [0, 0.1) is 10.1 Å². The van der Waals surface area contributed by atoms with Crippen LogP contribution in [0.5, 0.6) is 0 Å². The van der Waals surface area contributed by atoms with Gasteiger partial charge in [0.15, 0.2) is 5.82 Å². The molecule has 150 valence electrons. The molecule has 3 aromatic rings. The van der Waals surface area contributed by atoms with Gasteiger partial charge in [0, 0.05) is 29.1 Å². The maximum Gasteiger partial charge on any atom is 0.269 e. The van der Waals surface area contributed by atoms with Crippen molar-refractivity contribution in [3.8, 4) is 0 Å². The first-order chi connectivity index (χ1) is 13.9. The van der Waals surface area contributed by atoms with Crippen molar-refractivity contribution in [2.45, 2.75) is 6.42 Å². The predicted octanol–water partition coefficient (Wildman–Crippen LogP) is 4.73. The van der Waals surface area contributed by atoms with E-state index in [0.717, 1.165) is 41.8 Å². The minimum atomic E-state index is -0.417. The van der Waals surface area contributed by atoms with Crippen LogP contribution in [0.2, 0.25) is 5.02 Å². The molecule has 0 aliphatic carbocycles. The Kier molecular flexibility index (Phi) is 6.74. The largest absolute Gasteiger partial charge is 0.369 e. The maximum atomic E-state index is 10.8. The van der Waals surface area contributed by atoms with E-state index in [-0.39, 0.29) is 5.69 Å². The zero-order valence-corrected chi connectivity index (χ0v) is 17.1. The normalized spacial score (nSPS) is 11.4. The van der Waals surface area contributed by atoms with Gasteiger partial charge in [0.25, 0.3) is 5.69 Å². The molecule has 7 nitrogen and oxygen atoms in total. The van der Waals surface area contributed by atoms with Crippen LogP contribution in [0.4, 0.5) is 11.5 Å². The fourth-order valence-electron chi connectivity index (χ4n) is 2.81. The highest BCUT2D eigenvalue weighted by atomic mass is 35.5. The summed E-state index contributed by atoms with van der Waals surface area (Å²) in [4.78, 5) is 21.7. The van der Waals surface area contributed by atoms with Gasteiger partial charge in [-0.25, -0.2) is 9.97 Å². The number of nitro benzene ring substituents is 1. The molecule has 0 aliphatic rings. The molecule has 0 unspecified atom stereocenters. The van der Waals surface area contributed by atoms with Crippen molar-refractivity contribution in [2.24, 2.45) is 0 Å². The number of nitrogens with one attached hydrogen (secondary N) is 1. The number of hydrogen-bond acceptors (Lipinski definition) is 6. The van der Waals surface area contributed by atoms with Gasteiger partial charge < -0.3 is 10.2 Å². The minimum absolute atomic E-state index is 0.0604. The van der Waals surface area contributed by atoms with Crippen LogP contribution in [-0.2, 0) is 0 Å². The van der Waals surface area contributed by atoms with Gasteiger partial charge in [-0.3, -0.25) is 10.1 Å². The summed E-state index contributed by atoms with van der Waals surface area (Å²) < 4.78 is 0. The summed E-state index contributed by atoms with van der Waals surface area (Å²) in [7, 11) is 4.09.